The van der Waals surface area contributed by atoms with Crippen LogP contribution in [0.1, 0.15) is 57.6 Å². The molecule has 0 spiro atoms. The molecule has 1 aliphatic heterocycles. The Morgan fingerprint density at radius 2 is 2.03 bits per heavy atom. The second-order valence-electron chi connectivity index (χ2n) is 9.61. The number of anilines is 1. The van der Waals surface area contributed by atoms with Crippen LogP contribution in [-0.2, 0) is 0 Å². The SMILES string of the molecule is COc1nc(NC2CCC(C)CC2)nn2ccc(-c3cnc4c(c3)C(NCC(F)F)CC(C)=N4)c12. The number of nitrogens with one attached hydrogen (secondary N) is 2. The Morgan fingerprint density at radius 3 is 2.77 bits per heavy atom. The van der Waals surface area contributed by atoms with Crippen molar-refractivity contribution in [3.63, 3.8) is 0 Å². The zero-order valence-electron chi connectivity index (χ0n) is 20.3. The quantitative estimate of drug-likeness (QED) is 0.481. The molecule has 2 aliphatic rings. The number of aromatic nitrogens is 4. The van der Waals surface area contributed by atoms with Crippen molar-refractivity contribution < 1.29 is 13.5 Å². The Morgan fingerprint density at radius 1 is 1.23 bits per heavy atom. The zero-order valence-corrected chi connectivity index (χ0v) is 20.3. The molecule has 0 saturated heterocycles. The summed E-state index contributed by atoms with van der Waals surface area (Å²) < 4.78 is 33.2. The van der Waals surface area contributed by atoms with Gasteiger partial charge in [0.05, 0.1) is 13.7 Å². The summed E-state index contributed by atoms with van der Waals surface area (Å²) in [5.41, 5.74) is 4.08. The van der Waals surface area contributed by atoms with Gasteiger partial charge in [0.1, 0.15) is 5.52 Å². The molecule has 4 heterocycles. The van der Waals surface area contributed by atoms with Gasteiger partial charge in [-0.3, -0.25) is 0 Å². The molecule has 0 aromatic carbocycles. The van der Waals surface area contributed by atoms with E-state index in [1.54, 1.807) is 17.8 Å². The Balaban J connectivity index is 1.48. The highest BCUT2D eigenvalue weighted by atomic mass is 19.3. The summed E-state index contributed by atoms with van der Waals surface area (Å²) in [7, 11) is 1.60. The normalized spacial score (nSPS) is 22.2. The molecule has 1 atom stereocenters. The topological polar surface area (TPSA) is 88.7 Å². The molecule has 1 aliphatic carbocycles. The van der Waals surface area contributed by atoms with Crippen LogP contribution in [0, 0.1) is 5.92 Å². The third-order valence-electron chi connectivity index (χ3n) is 6.92. The van der Waals surface area contributed by atoms with Gasteiger partial charge in [0.2, 0.25) is 11.8 Å². The summed E-state index contributed by atoms with van der Waals surface area (Å²) in [5, 5.41) is 11.1. The number of pyridine rings is 1. The summed E-state index contributed by atoms with van der Waals surface area (Å²) >= 11 is 0. The van der Waals surface area contributed by atoms with Crippen molar-refractivity contribution in [3.05, 3.63) is 30.1 Å². The van der Waals surface area contributed by atoms with Crippen molar-refractivity contribution in [2.24, 2.45) is 10.9 Å². The molecule has 2 N–H and O–H groups in total. The minimum Gasteiger partial charge on any atom is -0.479 e. The lowest BCUT2D eigenvalue weighted by Gasteiger charge is -2.26. The zero-order chi connectivity index (χ0) is 24.5. The number of nitrogens with zero attached hydrogens (tertiary/aromatic N) is 5. The van der Waals surface area contributed by atoms with E-state index in [9.17, 15) is 8.78 Å². The molecule has 35 heavy (non-hydrogen) atoms. The number of aliphatic imine (C=N–C) groups is 1. The third-order valence-corrected chi connectivity index (χ3v) is 6.92. The maximum atomic E-state index is 12.9. The van der Waals surface area contributed by atoms with Gasteiger partial charge in [0.25, 0.3) is 6.43 Å². The number of halogens is 2. The molecule has 1 saturated carbocycles. The van der Waals surface area contributed by atoms with Gasteiger partial charge in [0, 0.05) is 53.3 Å². The molecule has 8 nitrogen and oxygen atoms in total. The molecule has 3 aromatic rings. The Hall–Kier alpha value is -3.14. The maximum Gasteiger partial charge on any atom is 0.250 e. The average Bonchev–Trinajstić information content (AvgIpc) is 3.27. The minimum atomic E-state index is -2.43. The van der Waals surface area contributed by atoms with Crippen LogP contribution in [0.25, 0.3) is 16.6 Å². The summed E-state index contributed by atoms with van der Waals surface area (Å²) in [6.45, 7) is 3.80. The summed E-state index contributed by atoms with van der Waals surface area (Å²) in [6.07, 6.45) is 6.36. The van der Waals surface area contributed by atoms with E-state index in [2.05, 4.69) is 37.6 Å². The van der Waals surface area contributed by atoms with Gasteiger partial charge in [0.15, 0.2) is 5.82 Å². The predicted octanol–water partition coefficient (Wildman–Crippen LogP) is 5.18. The van der Waals surface area contributed by atoms with Crippen LogP contribution in [0.3, 0.4) is 0 Å². The van der Waals surface area contributed by atoms with Crippen LogP contribution < -0.4 is 15.4 Å². The van der Waals surface area contributed by atoms with Crippen molar-refractivity contribution in [2.75, 3.05) is 19.0 Å². The molecule has 1 fully saturated rings. The van der Waals surface area contributed by atoms with Gasteiger partial charge in [-0.25, -0.2) is 23.3 Å². The van der Waals surface area contributed by atoms with Gasteiger partial charge >= 0.3 is 0 Å². The van der Waals surface area contributed by atoms with Gasteiger partial charge < -0.3 is 15.4 Å². The van der Waals surface area contributed by atoms with Crippen molar-refractivity contribution in [1.82, 2.24) is 24.9 Å². The van der Waals surface area contributed by atoms with E-state index in [1.165, 1.54) is 12.8 Å². The molecule has 1 unspecified atom stereocenters. The third kappa shape index (κ3) is 4.98. The van der Waals surface area contributed by atoms with E-state index < -0.39 is 6.43 Å². The summed E-state index contributed by atoms with van der Waals surface area (Å²) in [5.74, 6) is 2.33. The van der Waals surface area contributed by atoms with Crippen molar-refractivity contribution in [2.45, 2.75) is 64.5 Å². The van der Waals surface area contributed by atoms with Gasteiger partial charge in [-0.15, -0.1) is 5.10 Å². The van der Waals surface area contributed by atoms with Crippen molar-refractivity contribution in [1.29, 1.82) is 0 Å². The number of fused-ring (bicyclic) bond motifs is 2. The van der Waals surface area contributed by atoms with Crippen LogP contribution in [0.5, 0.6) is 5.88 Å². The van der Waals surface area contributed by atoms with Gasteiger partial charge in [-0.2, -0.15) is 4.98 Å². The smallest absolute Gasteiger partial charge is 0.250 e. The first kappa shape index (κ1) is 23.6. The molecule has 0 amide bonds. The number of hydrogen-bond acceptors (Lipinski definition) is 7. The van der Waals surface area contributed by atoms with E-state index in [0.29, 0.717) is 30.1 Å². The highest BCUT2D eigenvalue weighted by molar-refractivity contribution is 5.89. The molecular weight excluding hydrogens is 452 g/mol. The van der Waals surface area contributed by atoms with Crippen LogP contribution >= 0.6 is 0 Å². The maximum absolute atomic E-state index is 12.9. The average molecular weight is 484 g/mol. The van der Waals surface area contributed by atoms with E-state index in [-0.39, 0.29) is 12.6 Å². The van der Waals surface area contributed by atoms with Crippen molar-refractivity contribution in [3.8, 4) is 17.0 Å². The number of methoxy groups -OCH3 is 1. The second-order valence-corrected chi connectivity index (χ2v) is 9.61. The lowest BCUT2D eigenvalue weighted by Crippen LogP contribution is -2.29. The summed E-state index contributed by atoms with van der Waals surface area (Å²) in [6, 6.07) is 3.99. The molecular formula is C25H31F2N7O. The standard InChI is InChI=1S/C25H31F2N7O/c1-14-4-6-17(7-5-14)31-25-32-24(35-3)22-18(8-9-34(22)33-25)16-11-19-20(28-13-21(26)27)10-15(2)30-23(19)29-12-16/h8-9,11-12,14,17,20-21,28H,4-7,10,13H2,1-3H3,(H,31,33). The fourth-order valence-corrected chi connectivity index (χ4v) is 5.03. The Labute approximate surface area is 203 Å². The van der Waals surface area contributed by atoms with E-state index in [1.807, 2.05) is 25.3 Å². The second kappa shape index (κ2) is 9.85. The van der Waals surface area contributed by atoms with Crippen LogP contribution in [0.15, 0.2) is 29.5 Å². The first-order valence-electron chi connectivity index (χ1n) is 12.2. The molecule has 5 rings (SSSR count). The fourth-order valence-electron chi connectivity index (χ4n) is 5.03. The summed E-state index contributed by atoms with van der Waals surface area (Å²) in [4.78, 5) is 13.7. The van der Waals surface area contributed by atoms with Gasteiger partial charge in [-0.05, 0) is 50.7 Å². The van der Waals surface area contributed by atoms with E-state index in [0.717, 1.165) is 46.7 Å². The highest BCUT2D eigenvalue weighted by Crippen LogP contribution is 2.37. The van der Waals surface area contributed by atoms with Crippen LogP contribution in [0.4, 0.5) is 20.5 Å². The Bertz CT molecular complexity index is 1230. The number of ether oxygens (including phenoxy) is 1. The Kier molecular flexibility index (Phi) is 6.64. The fraction of sp³-hybridized carbons (Fsp3) is 0.520. The lowest BCUT2D eigenvalue weighted by atomic mass is 9.87. The largest absolute Gasteiger partial charge is 0.479 e. The molecule has 3 aromatic heterocycles. The predicted molar refractivity (Wildman–Crippen MR) is 132 cm³/mol. The lowest BCUT2D eigenvalue weighted by molar-refractivity contribution is 0.141. The molecule has 0 bridgehead atoms. The highest BCUT2D eigenvalue weighted by Gasteiger charge is 2.25. The number of rotatable bonds is 7. The van der Waals surface area contributed by atoms with Gasteiger partial charge in [-0.1, -0.05) is 6.92 Å². The van der Waals surface area contributed by atoms with Crippen LogP contribution in [0.2, 0.25) is 0 Å². The van der Waals surface area contributed by atoms with Crippen molar-refractivity contribution >= 4 is 23.0 Å². The molecule has 10 heteroatoms. The van der Waals surface area contributed by atoms with E-state index >= 15 is 0 Å². The number of hydrogen-bond donors (Lipinski definition) is 2. The monoisotopic (exact) mass is 483 g/mol. The van der Waals surface area contributed by atoms with Crippen LogP contribution in [-0.4, -0.2) is 51.4 Å². The first-order chi connectivity index (χ1) is 16.9. The first-order valence-corrected chi connectivity index (χ1v) is 12.2. The minimum absolute atomic E-state index is 0.273. The number of alkyl halides is 2. The molecule has 0 radical (unpaired) electrons. The van der Waals surface area contributed by atoms with E-state index in [4.69, 9.17) is 4.74 Å². The molecule has 186 valence electrons.